The summed E-state index contributed by atoms with van der Waals surface area (Å²) in [7, 11) is 0. The molecule has 0 bridgehead atoms. The van der Waals surface area contributed by atoms with Gasteiger partial charge in [-0.3, -0.25) is 10.1 Å². The van der Waals surface area contributed by atoms with Crippen LogP contribution >= 0.6 is 0 Å². The molecule has 0 radical (unpaired) electrons. The van der Waals surface area contributed by atoms with Gasteiger partial charge in [-0.2, -0.15) is 10.5 Å². The molecule has 0 amide bonds. The number of tetrazole rings is 1. The number of aromatic amines is 1. The zero-order valence-corrected chi connectivity index (χ0v) is 10.4. The SMILES string of the molecule is Cc1cc([N+](=O)[O-])ccc1NC=C(C#N)c1nn[nH]n1. The molecule has 2 rings (SSSR count). The number of benzene rings is 1. The number of aromatic nitrogens is 4. The molecule has 0 saturated carbocycles. The summed E-state index contributed by atoms with van der Waals surface area (Å²) in [4.78, 5) is 10.2. The van der Waals surface area contributed by atoms with E-state index in [0.29, 0.717) is 11.3 Å². The number of non-ortho nitro benzene ring substituents is 1. The van der Waals surface area contributed by atoms with Gasteiger partial charge in [0.15, 0.2) is 0 Å². The maximum absolute atomic E-state index is 10.6. The minimum atomic E-state index is -0.466. The van der Waals surface area contributed by atoms with Gasteiger partial charge in [0.05, 0.1) is 4.92 Å². The molecule has 0 aliphatic rings. The van der Waals surface area contributed by atoms with Crippen LogP contribution in [0.4, 0.5) is 11.4 Å². The quantitative estimate of drug-likeness (QED) is 0.487. The fourth-order valence-corrected chi connectivity index (χ4v) is 1.50. The van der Waals surface area contributed by atoms with Gasteiger partial charge in [0.25, 0.3) is 5.69 Å². The van der Waals surface area contributed by atoms with E-state index in [0.717, 1.165) is 0 Å². The number of hydrogen-bond acceptors (Lipinski definition) is 7. The number of nitro groups is 1. The summed E-state index contributed by atoms with van der Waals surface area (Å²) in [5.41, 5.74) is 1.53. The second kappa shape index (κ2) is 5.57. The second-order valence-electron chi connectivity index (χ2n) is 3.81. The average Bonchev–Trinajstić information content (AvgIpc) is 2.95. The summed E-state index contributed by atoms with van der Waals surface area (Å²) < 4.78 is 0. The van der Waals surface area contributed by atoms with Crippen molar-refractivity contribution in [1.29, 1.82) is 5.26 Å². The van der Waals surface area contributed by atoms with Crippen LogP contribution in [0.3, 0.4) is 0 Å². The zero-order valence-electron chi connectivity index (χ0n) is 10.4. The summed E-state index contributed by atoms with van der Waals surface area (Å²) in [6.07, 6.45) is 1.42. The Kier molecular flexibility index (Phi) is 3.67. The Labute approximate surface area is 113 Å². The fourth-order valence-electron chi connectivity index (χ4n) is 1.50. The van der Waals surface area contributed by atoms with E-state index >= 15 is 0 Å². The van der Waals surface area contributed by atoms with Crippen molar-refractivity contribution in [1.82, 2.24) is 20.6 Å². The number of nitro benzene ring substituents is 1. The molecule has 0 aliphatic carbocycles. The molecule has 1 aromatic carbocycles. The van der Waals surface area contributed by atoms with E-state index in [-0.39, 0.29) is 17.1 Å². The lowest BCUT2D eigenvalue weighted by Gasteiger charge is -2.05. The first-order valence-electron chi connectivity index (χ1n) is 5.47. The molecule has 0 saturated heterocycles. The minimum absolute atomic E-state index is 0.00991. The largest absolute Gasteiger partial charge is 0.360 e. The number of nitriles is 1. The van der Waals surface area contributed by atoms with Crippen LogP contribution in [0.15, 0.2) is 24.4 Å². The molecule has 9 nitrogen and oxygen atoms in total. The van der Waals surface area contributed by atoms with Gasteiger partial charge in [0.2, 0.25) is 5.82 Å². The third-order valence-electron chi connectivity index (χ3n) is 2.50. The van der Waals surface area contributed by atoms with Crippen molar-refractivity contribution in [3.8, 4) is 6.07 Å². The molecule has 9 heteroatoms. The summed E-state index contributed by atoms with van der Waals surface area (Å²) in [5.74, 6) is 0.166. The average molecular weight is 271 g/mol. The lowest BCUT2D eigenvalue weighted by Crippen LogP contribution is -1.96. The molecule has 1 heterocycles. The first-order chi connectivity index (χ1) is 9.61. The number of nitrogens with one attached hydrogen (secondary N) is 2. The van der Waals surface area contributed by atoms with Crippen molar-refractivity contribution in [2.45, 2.75) is 6.92 Å². The third-order valence-corrected chi connectivity index (χ3v) is 2.50. The molecular weight excluding hydrogens is 262 g/mol. The maximum atomic E-state index is 10.6. The molecule has 20 heavy (non-hydrogen) atoms. The van der Waals surface area contributed by atoms with Gasteiger partial charge in [-0.15, -0.1) is 10.2 Å². The summed E-state index contributed by atoms with van der Waals surface area (Å²) >= 11 is 0. The Hall–Kier alpha value is -3.28. The van der Waals surface area contributed by atoms with Gasteiger partial charge in [0.1, 0.15) is 11.6 Å². The molecule has 2 aromatic rings. The molecule has 0 unspecified atom stereocenters. The van der Waals surface area contributed by atoms with Gasteiger partial charge in [0, 0.05) is 24.0 Å². The highest BCUT2D eigenvalue weighted by atomic mass is 16.6. The first-order valence-corrected chi connectivity index (χ1v) is 5.47. The van der Waals surface area contributed by atoms with Crippen molar-refractivity contribution in [2.24, 2.45) is 0 Å². The van der Waals surface area contributed by atoms with Crippen molar-refractivity contribution < 1.29 is 4.92 Å². The Bertz CT molecular complexity index is 700. The Morgan fingerprint density at radius 3 is 2.95 bits per heavy atom. The van der Waals surface area contributed by atoms with Crippen LogP contribution in [0.2, 0.25) is 0 Å². The Balaban J connectivity index is 2.22. The van der Waals surface area contributed by atoms with E-state index in [9.17, 15) is 10.1 Å². The highest BCUT2D eigenvalue weighted by molar-refractivity contribution is 5.74. The van der Waals surface area contributed by atoms with Crippen LogP contribution in [0.25, 0.3) is 5.57 Å². The number of hydrogen-bond donors (Lipinski definition) is 2. The molecule has 0 spiro atoms. The van der Waals surface area contributed by atoms with Crippen LogP contribution in [0, 0.1) is 28.4 Å². The second-order valence-corrected chi connectivity index (χ2v) is 3.81. The lowest BCUT2D eigenvalue weighted by molar-refractivity contribution is -0.384. The van der Waals surface area contributed by atoms with Gasteiger partial charge < -0.3 is 5.32 Å². The van der Waals surface area contributed by atoms with Gasteiger partial charge in [-0.25, -0.2) is 0 Å². The van der Waals surface area contributed by atoms with E-state index < -0.39 is 4.92 Å². The van der Waals surface area contributed by atoms with Crippen LogP contribution in [0.1, 0.15) is 11.4 Å². The zero-order chi connectivity index (χ0) is 14.5. The number of rotatable bonds is 4. The van der Waals surface area contributed by atoms with E-state index in [1.807, 2.05) is 6.07 Å². The van der Waals surface area contributed by atoms with Crippen LogP contribution in [-0.4, -0.2) is 25.5 Å². The van der Waals surface area contributed by atoms with Crippen molar-refractivity contribution in [3.05, 3.63) is 45.9 Å². The molecule has 100 valence electrons. The van der Waals surface area contributed by atoms with E-state index in [1.165, 1.54) is 18.3 Å². The minimum Gasteiger partial charge on any atom is -0.360 e. The molecule has 0 aliphatic heterocycles. The summed E-state index contributed by atoms with van der Waals surface area (Å²) in [6, 6.07) is 6.31. The number of nitrogens with zero attached hydrogens (tertiary/aromatic N) is 5. The number of H-pyrrole nitrogens is 1. The van der Waals surface area contributed by atoms with Crippen LogP contribution < -0.4 is 5.32 Å². The van der Waals surface area contributed by atoms with Gasteiger partial charge in [-0.1, -0.05) is 0 Å². The van der Waals surface area contributed by atoms with Crippen LogP contribution in [-0.2, 0) is 0 Å². The first kappa shape index (κ1) is 13.2. The highest BCUT2D eigenvalue weighted by Gasteiger charge is 2.09. The molecular formula is C11H9N7O2. The predicted molar refractivity (Wildman–Crippen MR) is 69.2 cm³/mol. The lowest BCUT2D eigenvalue weighted by atomic mass is 10.2. The fraction of sp³-hybridized carbons (Fsp3) is 0.0909. The third kappa shape index (κ3) is 2.75. The van der Waals surface area contributed by atoms with Gasteiger partial charge in [-0.05, 0) is 23.8 Å². The normalized spacial score (nSPS) is 10.9. The standard InChI is InChI=1S/C11H9N7O2/c1-7-4-9(18(19)20)2-3-10(7)13-6-8(5-12)11-14-16-17-15-11/h2-4,6,13H,1H3,(H,14,15,16,17). The monoisotopic (exact) mass is 271 g/mol. The van der Waals surface area contributed by atoms with Crippen molar-refractivity contribution >= 4 is 16.9 Å². The van der Waals surface area contributed by atoms with Gasteiger partial charge >= 0.3 is 0 Å². The van der Waals surface area contributed by atoms with E-state index in [2.05, 4.69) is 25.9 Å². The van der Waals surface area contributed by atoms with E-state index in [4.69, 9.17) is 5.26 Å². The van der Waals surface area contributed by atoms with Crippen LogP contribution in [0.5, 0.6) is 0 Å². The molecule has 0 atom stereocenters. The Morgan fingerprint density at radius 1 is 1.60 bits per heavy atom. The van der Waals surface area contributed by atoms with E-state index in [1.54, 1.807) is 13.0 Å². The van der Waals surface area contributed by atoms with Crippen molar-refractivity contribution in [2.75, 3.05) is 5.32 Å². The Morgan fingerprint density at radius 2 is 2.40 bits per heavy atom. The molecule has 2 N–H and O–H groups in total. The summed E-state index contributed by atoms with van der Waals surface area (Å²) in [6.45, 7) is 1.73. The highest BCUT2D eigenvalue weighted by Crippen LogP contribution is 2.21. The molecule has 1 aromatic heterocycles. The predicted octanol–water partition coefficient (Wildman–Crippen LogP) is 1.39. The topological polar surface area (TPSA) is 133 Å². The van der Waals surface area contributed by atoms with Crippen molar-refractivity contribution in [3.63, 3.8) is 0 Å². The smallest absolute Gasteiger partial charge is 0.269 e. The summed E-state index contributed by atoms with van der Waals surface area (Å²) in [5, 5.41) is 35.5. The molecule has 0 fully saturated rings. The number of aryl methyl sites for hydroxylation is 1. The number of allylic oxidation sites excluding steroid dienone is 1. The number of anilines is 1. The maximum Gasteiger partial charge on any atom is 0.269 e.